The van der Waals surface area contributed by atoms with Crippen LogP contribution in [0.25, 0.3) is 0 Å². The summed E-state index contributed by atoms with van der Waals surface area (Å²) >= 11 is 0. The molecule has 2 aromatic rings. The third kappa shape index (κ3) is 4.23. The van der Waals surface area contributed by atoms with E-state index in [1.807, 2.05) is 19.2 Å². The van der Waals surface area contributed by atoms with Gasteiger partial charge in [-0.05, 0) is 26.3 Å². The first-order chi connectivity index (χ1) is 12.0. The van der Waals surface area contributed by atoms with Gasteiger partial charge in [0.1, 0.15) is 11.4 Å². The Hall–Kier alpha value is -2.71. The second-order valence-electron chi connectivity index (χ2n) is 6.31. The van der Waals surface area contributed by atoms with E-state index in [0.717, 1.165) is 5.69 Å². The number of carbonyl (C=O) groups is 2. The van der Waals surface area contributed by atoms with Gasteiger partial charge in [0.25, 0.3) is 0 Å². The quantitative estimate of drug-likeness (QED) is 0.794. The van der Waals surface area contributed by atoms with E-state index < -0.39 is 0 Å². The zero-order chi connectivity index (χ0) is 17.8. The third-order valence-corrected chi connectivity index (χ3v) is 4.39. The number of carbonyl (C=O) groups excluding carboxylic acids is 2. The number of aryl methyl sites for hydroxylation is 2. The third-order valence-electron chi connectivity index (χ3n) is 4.39. The average Bonchev–Trinajstić information content (AvgIpc) is 3.30. The van der Waals surface area contributed by atoms with Crippen LogP contribution >= 0.6 is 0 Å². The highest BCUT2D eigenvalue weighted by atomic mass is 16.6. The first kappa shape index (κ1) is 17.1. The van der Waals surface area contributed by atoms with E-state index in [0.29, 0.717) is 44.0 Å². The summed E-state index contributed by atoms with van der Waals surface area (Å²) in [6, 6.07) is 1.92. The monoisotopic (exact) mass is 346 g/mol. The maximum atomic E-state index is 12.3. The van der Waals surface area contributed by atoms with Crippen molar-refractivity contribution in [3.63, 3.8) is 0 Å². The summed E-state index contributed by atoms with van der Waals surface area (Å²) in [6.45, 7) is 5.85. The Morgan fingerprint density at radius 3 is 2.88 bits per heavy atom. The lowest BCUT2D eigenvalue weighted by Crippen LogP contribution is -2.36. The highest BCUT2D eigenvalue weighted by molar-refractivity contribution is 5.83. The smallest absolute Gasteiger partial charge is 0.228 e. The first-order valence-corrected chi connectivity index (χ1v) is 8.36. The van der Waals surface area contributed by atoms with Crippen LogP contribution in [0.2, 0.25) is 0 Å². The number of hydrogen-bond acceptors (Lipinski definition) is 6. The molecule has 1 atom stereocenters. The van der Waals surface area contributed by atoms with Crippen molar-refractivity contribution in [2.75, 3.05) is 19.6 Å². The van der Waals surface area contributed by atoms with E-state index in [1.54, 1.807) is 16.5 Å². The number of amides is 2. The summed E-state index contributed by atoms with van der Waals surface area (Å²) in [7, 11) is 0. The van der Waals surface area contributed by atoms with Gasteiger partial charge in [-0.25, -0.2) is 4.63 Å². The summed E-state index contributed by atoms with van der Waals surface area (Å²) in [4.78, 5) is 26.3. The molecule has 0 saturated carbocycles. The van der Waals surface area contributed by atoms with E-state index >= 15 is 0 Å². The summed E-state index contributed by atoms with van der Waals surface area (Å²) in [5.41, 5.74) is 2.12. The Kier molecular flexibility index (Phi) is 5.11. The largest absolute Gasteiger partial charge is 0.354 e. The molecule has 2 aromatic heterocycles. The molecule has 0 bridgehead atoms. The van der Waals surface area contributed by atoms with Crippen LogP contribution in [0.4, 0.5) is 0 Å². The van der Waals surface area contributed by atoms with E-state index in [-0.39, 0.29) is 24.2 Å². The number of aromatic nitrogens is 4. The number of nitrogens with one attached hydrogen (secondary N) is 1. The Labute approximate surface area is 145 Å². The molecule has 9 heteroatoms. The maximum absolute atomic E-state index is 12.3. The van der Waals surface area contributed by atoms with E-state index in [4.69, 9.17) is 0 Å². The highest BCUT2D eigenvalue weighted by Crippen LogP contribution is 2.17. The first-order valence-electron chi connectivity index (χ1n) is 8.36. The minimum atomic E-state index is -0.167. The standard InChI is InChI=1S/C16H22N6O3/c1-11-3-7-22(18-11)8-5-17-16(24)13-4-6-21(10-13)15(23)9-14-12(2)19-25-20-14/h3,7,13H,4-6,8-10H2,1-2H3,(H,17,24). The fourth-order valence-corrected chi connectivity index (χ4v) is 2.89. The molecule has 0 aliphatic carbocycles. The van der Waals surface area contributed by atoms with Crippen LogP contribution in [-0.4, -0.2) is 56.4 Å². The van der Waals surface area contributed by atoms with Crippen LogP contribution in [0.15, 0.2) is 16.9 Å². The van der Waals surface area contributed by atoms with Crippen molar-refractivity contribution < 1.29 is 14.2 Å². The maximum Gasteiger partial charge on any atom is 0.228 e. The van der Waals surface area contributed by atoms with Gasteiger partial charge in [-0.3, -0.25) is 14.3 Å². The molecule has 9 nitrogen and oxygen atoms in total. The van der Waals surface area contributed by atoms with Crippen molar-refractivity contribution >= 4 is 11.8 Å². The van der Waals surface area contributed by atoms with Crippen LogP contribution in [0.3, 0.4) is 0 Å². The number of hydrogen-bond donors (Lipinski definition) is 1. The Morgan fingerprint density at radius 2 is 2.20 bits per heavy atom. The molecule has 3 rings (SSSR count). The van der Waals surface area contributed by atoms with Crippen LogP contribution in [-0.2, 0) is 22.6 Å². The molecule has 1 saturated heterocycles. The average molecular weight is 346 g/mol. The van der Waals surface area contributed by atoms with Gasteiger partial charge in [-0.2, -0.15) is 5.10 Å². The van der Waals surface area contributed by atoms with Crippen molar-refractivity contribution in [3.8, 4) is 0 Å². The fraction of sp³-hybridized carbons (Fsp3) is 0.562. The van der Waals surface area contributed by atoms with E-state index in [2.05, 4.69) is 25.4 Å². The van der Waals surface area contributed by atoms with Gasteiger partial charge in [0, 0.05) is 25.8 Å². The zero-order valence-corrected chi connectivity index (χ0v) is 14.4. The molecule has 2 amide bonds. The predicted octanol–water partition coefficient (Wildman–Crippen LogP) is 0.0903. The molecule has 25 heavy (non-hydrogen) atoms. The van der Waals surface area contributed by atoms with Gasteiger partial charge in [-0.15, -0.1) is 0 Å². The van der Waals surface area contributed by atoms with Crippen molar-refractivity contribution in [1.82, 2.24) is 30.3 Å². The Balaban J connectivity index is 1.43. The summed E-state index contributed by atoms with van der Waals surface area (Å²) in [5.74, 6) is -0.237. The van der Waals surface area contributed by atoms with E-state index in [1.165, 1.54) is 0 Å². The molecule has 1 unspecified atom stereocenters. The van der Waals surface area contributed by atoms with E-state index in [9.17, 15) is 9.59 Å². The van der Waals surface area contributed by atoms with Gasteiger partial charge in [0.05, 0.1) is 24.6 Å². The molecule has 134 valence electrons. The molecule has 3 heterocycles. The van der Waals surface area contributed by atoms with Crippen molar-refractivity contribution in [2.45, 2.75) is 33.2 Å². The van der Waals surface area contributed by atoms with Gasteiger partial charge < -0.3 is 10.2 Å². The molecule has 1 aliphatic rings. The summed E-state index contributed by atoms with van der Waals surface area (Å²) < 4.78 is 6.41. The number of rotatable bonds is 6. The minimum absolute atomic E-state index is 0.0153. The topological polar surface area (TPSA) is 106 Å². The van der Waals surface area contributed by atoms with Crippen molar-refractivity contribution in [3.05, 3.63) is 29.3 Å². The van der Waals surface area contributed by atoms with Gasteiger partial charge in [0.2, 0.25) is 11.8 Å². The molecule has 0 spiro atoms. The second kappa shape index (κ2) is 7.45. The SMILES string of the molecule is Cc1ccn(CCNC(=O)C2CCN(C(=O)Cc3nonc3C)C2)n1. The fourth-order valence-electron chi connectivity index (χ4n) is 2.89. The lowest BCUT2D eigenvalue weighted by atomic mass is 10.1. The molecular weight excluding hydrogens is 324 g/mol. The number of nitrogens with zero attached hydrogens (tertiary/aromatic N) is 5. The molecular formula is C16H22N6O3. The lowest BCUT2D eigenvalue weighted by Gasteiger charge is -2.16. The van der Waals surface area contributed by atoms with Crippen LogP contribution in [0.5, 0.6) is 0 Å². The second-order valence-corrected chi connectivity index (χ2v) is 6.31. The number of likely N-dealkylation sites (tertiary alicyclic amines) is 1. The van der Waals surface area contributed by atoms with Crippen LogP contribution < -0.4 is 5.32 Å². The molecule has 1 N–H and O–H groups in total. The van der Waals surface area contributed by atoms with Crippen LogP contribution in [0.1, 0.15) is 23.5 Å². The van der Waals surface area contributed by atoms with Crippen molar-refractivity contribution in [1.29, 1.82) is 0 Å². The molecule has 1 aliphatic heterocycles. The van der Waals surface area contributed by atoms with Crippen molar-refractivity contribution in [2.24, 2.45) is 5.92 Å². The van der Waals surface area contributed by atoms with Gasteiger partial charge in [-0.1, -0.05) is 10.3 Å². The normalized spacial score (nSPS) is 17.0. The van der Waals surface area contributed by atoms with Gasteiger partial charge in [0.15, 0.2) is 0 Å². The molecule has 0 aromatic carbocycles. The Morgan fingerprint density at radius 1 is 1.36 bits per heavy atom. The summed E-state index contributed by atoms with van der Waals surface area (Å²) in [5, 5.41) is 14.6. The molecule has 1 fully saturated rings. The molecule has 0 radical (unpaired) electrons. The predicted molar refractivity (Wildman–Crippen MR) is 87.4 cm³/mol. The Bertz CT molecular complexity index is 753. The minimum Gasteiger partial charge on any atom is -0.354 e. The van der Waals surface area contributed by atoms with Gasteiger partial charge >= 0.3 is 0 Å². The highest BCUT2D eigenvalue weighted by Gasteiger charge is 2.31. The van der Waals surface area contributed by atoms with Crippen LogP contribution in [0, 0.1) is 19.8 Å². The lowest BCUT2D eigenvalue weighted by molar-refractivity contribution is -0.130. The summed E-state index contributed by atoms with van der Waals surface area (Å²) in [6.07, 6.45) is 2.72. The zero-order valence-electron chi connectivity index (χ0n) is 14.4.